The summed E-state index contributed by atoms with van der Waals surface area (Å²) in [7, 11) is 2.40. The number of rotatable bonds is 14. The van der Waals surface area contributed by atoms with Crippen molar-refractivity contribution >= 4 is 20.8 Å². The zero-order chi connectivity index (χ0) is 33.2. The Kier molecular flexibility index (Phi) is 12.9. The third-order valence-corrected chi connectivity index (χ3v) is 9.95. The molecule has 4 rings (SSSR count). The van der Waals surface area contributed by atoms with Gasteiger partial charge >= 0.3 is 0 Å². The molecule has 7 nitrogen and oxygen atoms in total. The highest BCUT2D eigenvalue weighted by atomic mass is 32.2. The SMILES string of the molecule is COCOc1ccc(C2(C)CSc3cc(OCOC)ccc3C2C#CCOc2ccc(OCC(O[Si](C)C)C(C)(C)C)cc2)cc1. The van der Waals surface area contributed by atoms with Gasteiger partial charge in [0, 0.05) is 30.3 Å². The van der Waals surface area contributed by atoms with E-state index in [0.29, 0.717) is 6.61 Å². The van der Waals surface area contributed by atoms with E-state index in [1.54, 1.807) is 14.2 Å². The van der Waals surface area contributed by atoms with Crippen LogP contribution in [0.2, 0.25) is 13.1 Å². The first-order valence-electron chi connectivity index (χ1n) is 15.4. The summed E-state index contributed by atoms with van der Waals surface area (Å²) in [5.41, 5.74) is 2.12. The number of thioether (sulfide) groups is 1. The molecule has 1 heterocycles. The van der Waals surface area contributed by atoms with Crippen LogP contribution in [0, 0.1) is 17.3 Å². The van der Waals surface area contributed by atoms with E-state index in [0.717, 1.165) is 33.6 Å². The second-order valence-corrected chi connectivity index (χ2v) is 15.8. The molecule has 0 spiro atoms. The van der Waals surface area contributed by atoms with Crippen molar-refractivity contribution in [3.63, 3.8) is 0 Å². The summed E-state index contributed by atoms with van der Waals surface area (Å²) in [5.74, 6) is 10.8. The topological polar surface area (TPSA) is 64.6 Å². The minimum atomic E-state index is -0.830. The standard InChI is InChI=1S/C37H47O7SSi/c1-36(2,3)35(44-46(7)8)23-41-29-17-15-28(16-18-29)40-21-9-10-33-32-20-19-31(43-26-39-6)22-34(32)45-24-37(33,4)27-11-13-30(14-12-27)42-25-38-5/h11-20,22,33,35H,21,23-26H2,1-8H3. The Morgan fingerprint density at radius 3 is 2.00 bits per heavy atom. The molecular formula is C37H47O7SSi. The summed E-state index contributed by atoms with van der Waals surface area (Å²) in [5, 5.41) is 0. The molecule has 0 aliphatic carbocycles. The maximum absolute atomic E-state index is 6.20. The molecule has 3 aromatic carbocycles. The predicted molar refractivity (Wildman–Crippen MR) is 186 cm³/mol. The highest BCUT2D eigenvalue weighted by molar-refractivity contribution is 7.99. The fourth-order valence-electron chi connectivity index (χ4n) is 5.11. The van der Waals surface area contributed by atoms with Crippen LogP contribution in [0.1, 0.15) is 44.7 Å². The van der Waals surface area contributed by atoms with Gasteiger partial charge in [0.1, 0.15) is 36.2 Å². The van der Waals surface area contributed by atoms with E-state index < -0.39 is 9.04 Å². The van der Waals surface area contributed by atoms with Gasteiger partial charge in [-0.1, -0.05) is 57.7 Å². The number of benzene rings is 3. The Hall–Kier alpha value is -3.13. The average molecular weight is 664 g/mol. The quantitative estimate of drug-likeness (QED) is 0.0979. The molecule has 9 heteroatoms. The minimum Gasteiger partial charge on any atom is -0.491 e. The van der Waals surface area contributed by atoms with Crippen molar-refractivity contribution in [1.29, 1.82) is 0 Å². The smallest absolute Gasteiger partial charge is 0.205 e. The van der Waals surface area contributed by atoms with Crippen LogP contribution >= 0.6 is 11.8 Å². The van der Waals surface area contributed by atoms with Gasteiger partial charge in [-0.15, -0.1) is 11.8 Å². The molecule has 0 saturated carbocycles. The number of hydrogen-bond acceptors (Lipinski definition) is 8. The van der Waals surface area contributed by atoms with Crippen molar-refractivity contribution in [2.75, 3.05) is 46.8 Å². The molecule has 3 unspecified atom stereocenters. The van der Waals surface area contributed by atoms with E-state index in [2.05, 4.69) is 76.9 Å². The second kappa shape index (κ2) is 16.6. The van der Waals surface area contributed by atoms with Gasteiger partial charge in [0.25, 0.3) is 0 Å². The van der Waals surface area contributed by atoms with Crippen molar-refractivity contribution < 1.29 is 32.8 Å². The van der Waals surface area contributed by atoms with Gasteiger partial charge in [0.05, 0.1) is 12.0 Å². The average Bonchev–Trinajstić information content (AvgIpc) is 3.04. The molecule has 0 fully saturated rings. The molecule has 247 valence electrons. The lowest BCUT2D eigenvalue weighted by molar-refractivity contribution is 0.0412. The lowest BCUT2D eigenvalue weighted by Gasteiger charge is -2.40. The lowest BCUT2D eigenvalue weighted by atomic mass is 9.70. The Bertz CT molecular complexity index is 1440. The summed E-state index contributed by atoms with van der Waals surface area (Å²) < 4.78 is 39.8. The minimum absolute atomic E-state index is 0.000714. The molecular weight excluding hydrogens is 617 g/mol. The molecule has 1 aliphatic rings. The predicted octanol–water partition coefficient (Wildman–Crippen LogP) is 7.94. The molecule has 0 aromatic heterocycles. The second-order valence-electron chi connectivity index (χ2n) is 12.7. The number of methoxy groups -OCH3 is 2. The van der Waals surface area contributed by atoms with Crippen LogP contribution in [0.5, 0.6) is 23.0 Å². The highest BCUT2D eigenvalue weighted by Crippen LogP contribution is 2.50. The summed E-state index contributed by atoms with van der Waals surface area (Å²) in [6.07, 6.45) is 0.0305. The number of ether oxygens (including phenoxy) is 6. The summed E-state index contributed by atoms with van der Waals surface area (Å²) >= 11 is 1.82. The normalized spacial score (nSPS) is 18.2. The third-order valence-electron chi connectivity index (χ3n) is 7.79. The van der Waals surface area contributed by atoms with Gasteiger partial charge in [-0.25, -0.2) is 0 Å². The monoisotopic (exact) mass is 663 g/mol. The zero-order valence-corrected chi connectivity index (χ0v) is 30.1. The molecule has 3 aromatic rings. The van der Waals surface area contributed by atoms with Crippen LogP contribution in [-0.4, -0.2) is 61.9 Å². The van der Waals surface area contributed by atoms with E-state index in [-0.39, 0.29) is 43.0 Å². The Morgan fingerprint density at radius 1 is 0.826 bits per heavy atom. The first-order valence-corrected chi connectivity index (χ1v) is 18.8. The van der Waals surface area contributed by atoms with Crippen molar-refractivity contribution in [3.05, 3.63) is 77.9 Å². The Balaban J connectivity index is 1.48. The van der Waals surface area contributed by atoms with Crippen LogP contribution in [0.4, 0.5) is 0 Å². The first-order chi connectivity index (χ1) is 22.0. The first kappa shape index (κ1) is 35.7. The zero-order valence-electron chi connectivity index (χ0n) is 28.3. The largest absolute Gasteiger partial charge is 0.491 e. The van der Waals surface area contributed by atoms with Gasteiger partial charge in [-0.05, 0) is 78.2 Å². The van der Waals surface area contributed by atoms with Gasteiger partial charge in [-0.2, -0.15) is 0 Å². The van der Waals surface area contributed by atoms with Crippen molar-refractivity contribution in [3.8, 4) is 34.8 Å². The van der Waals surface area contributed by atoms with E-state index in [9.17, 15) is 0 Å². The maximum Gasteiger partial charge on any atom is 0.205 e. The molecule has 3 atom stereocenters. The molecule has 0 N–H and O–H groups in total. The van der Waals surface area contributed by atoms with Crippen LogP contribution in [0.15, 0.2) is 71.6 Å². The van der Waals surface area contributed by atoms with Crippen LogP contribution in [-0.2, 0) is 19.3 Å². The fraction of sp³-hybridized carbons (Fsp3) is 0.459. The molecule has 0 saturated heterocycles. The summed E-state index contributed by atoms with van der Waals surface area (Å²) in [6, 6.07) is 22.1. The molecule has 0 amide bonds. The fourth-order valence-corrected chi connectivity index (χ4v) is 7.44. The van der Waals surface area contributed by atoms with Crippen molar-refractivity contribution in [2.24, 2.45) is 5.41 Å². The Morgan fingerprint density at radius 2 is 1.39 bits per heavy atom. The van der Waals surface area contributed by atoms with Gasteiger partial charge in [0.2, 0.25) is 9.04 Å². The molecule has 0 bridgehead atoms. The Labute approximate surface area is 280 Å². The number of hydrogen-bond donors (Lipinski definition) is 0. The van der Waals surface area contributed by atoms with E-state index in [1.807, 2.05) is 54.2 Å². The van der Waals surface area contributed by atoms with E-state index in [4.69, 9.17) is 32.8 Å². The third kappa shape index (κ3) is 9.69. The van der Waals surface area contributed by atoms with Crippen molar-refractivity contribution in [2.45, 2.75) is 63.1 Å². The van der Waals surface area contributed by atoms with E-state index >= 15 is 0 Å². The van der Waals surface area contributed by atoms with Gasteiger partial charge in [0.15, 0.2) is 13.6 Å². The van der Waals surface area contributed by atoms with Crippen LogP contribution < -0.4 is 18.9 Å². The summed E-state index contributed by atoms with van der Waals surface area (Å²) in [4.78, 5) is 1.16. The maximum atomic E-state index is 6.20. The molecule has 1 aliphatic heterocycles. The lowest BCUT2D eigenvalue weighted by Crippen LogP contribution is -2.38. The van der Waals surface area contributed by atoms with Crippen LogP contribution in [0.25, 0.3) is 0 Å². The van der Waals surface area contributed by atoms with Crippen LogP contribution in [0.3, 0.4) is 0 Å². The molecule has 1 radical (unpaired) electrons. The van der Waals surface area contributed by atoms with Gasteiger partial charge < -0.3 is 32.8 Å². The molecule has 46 heavy (non-hydrogen) atoms. The van der Waals surface area contributed by atoms with Crippen molar-refractivity contribution in [1.82, 2.24) is 0 Å². The van der Waals surface area contributed by atoms with E-state index in [1.165, 1.54) is 11.1 Å². The van der Waals surface area contributed by atoms with Gasteiger partial charge in [-0.3, -0.25) is 0 Å². The summed E-state index contributed by atoms with van der Waals surface area (Å²) in [6.45, 7) is 14.3. The highest BCUT2D eigenvalue weighted by Gasteiger charge is 2.41. The number of fused-ring (bicyclic) bond motifs is 1.